The fourth-order valence-corrected chi connectivity index (χ4v) is 7.26. The molecule has 0 unspecified atom stereocenters. The van der Waals surface area contributed by atoms with Crippen LogP contribution in [0.5, 0.6) is 0 Å². The Morgan fingerprint density at radius 1 is 0.853 bits per heavy atom. The van der Waals surface area contributed by atoms with E-state index in [1.54, 1.807) is 0 Å². The van der Waals surface area contributed by atoms with Crippen molar-refractivity contribution in [3.8, 4) is 0 Å². The van der Waals surface area contributed by atoms with Gasteiger partial charge in [0.1, 0.15) is 6.61 Å². The van der Waals surface area contributed by atoms with Crippen LogP contribution in [-0.2, 0) is 27.5 Å². The number of oxime groups is 1. The predicted molar refractivity (Wildman–Crippen MR) is 135 cm³/mol. The Bertz CT molecular complexity index is 941. The van der Waals surface area contributed by atoms with Crippen molar-refractivity contribution in [3.63, 3.8) is 0 Å². The highest BCUT2D eigenvalue weighted by Gasteiger charge is 2.66. The molecule has 4 nitrogen and oxygen atoms in total. The lowest BCUT2D eigenvalue weighted by molar-refractivity contribution is -0.188. The molecule has 5 rings (SSSR count). The van der Waals surface area contributed by atoms with Crippen molar-refractivity contribution in [3.05, 3.63) is 71.8 Å². The zero-order valence-electron chi connectivity index (χ0n) is 21.0. The van der Waals surface area contributed by atoms with Gasteiger partial charge in [0.2, 0.25) is 0 Å². The fourth-order valence-electron chi connectivity index (χ4n) is 7.26. The van der Waals surface area contributed by atoms with Crippen molar-refractivity contribution in [2.75, 3.05) is 19.8 Å². The highest BCUT2D eigenvalue weighted by Crippen LogP contribution is 2.66. The van der Waals surface area contributed by atoms with Crippen molar-refractivity contribution in [1.82, 2.24) is 0 Å². The largest absolute Gasteiger partial charge is 0.395 e. The quantitative estimate of drug-likeness (QED) is 0.442. The zero-order chi connectivity index (χ0) is 23.7. The molecule has 0 aromatic heterocycles. The lowest BCUT2D eigenvalue weighted by atomic mass is 9.40. The summed E-state index contributed by atoms with van der Waals surface area (Å²) in [5.41, 5.74) is 3.82. The van der Waals surface area contributed by atoms with E-state index in [4.69, 9.17) is 14.3 Å². The first kappa shape index (κ1) is 23.6. The van der Waals surface area contributed by atoms with Crippen LogP contribution in [0, 0.1) is 28.1 Å². The third kappa shape index (κ3) is 4.20. The summed E-state index contributed by atoms with van der Waals surface area (Å²) < 4.78 is 13.1. The summed E-state index contributed by atoms with van der Waals surface area (Å²) in [4.78, 5) is 5.77. The molecular formula is C30H39NO3. The number of benzene rings is 2. The van der Waals surface area contributed by atoms with Crippen LogP contribution in [0.15, 0.2) is 65.8 Å². The molecule has 2 fully saturated rings. The molecule has 2 aliphatic carbocycles. The summed E-state index contributed by atoms with van der Waals surface area (Å²) in [7, 11) is 0. The van der Waals surface area contributed by atoms with Gasteiger partial charge in [-0.05, 0) is 47.1 Å². The van der Waals surface area contributed by atoms with Crippen LogP contribution in [-0.4, -0.2) is 25.5 Å². The smallest absolute Gasteiger partial charge is 0.126 e. The number of nitrogens with zero attached hydrogens (tertiary/aromatic N) is 1. The van der Waals surface area contributed by atoms with Gasteiger partial charge in [-0.25, -0.2) is 0 Å². The van der Waals surface area contributed by atoms with E-state index in [1.807, 2.05) is 0 Å². The van der Waals surface area contributed by atoms with Crippen LogP contribution in [0.25, 0.3) is 0 Å². The van der Waals surface area contributed by atoms with Crippen molar-refractivity contribution in [2.24, 2.45) is 33.2 Å². The maximum Gasteiger partial charge on any atom is 0.126 e. The molecule has 0 radical (unpaired) electrons. The first-order valence-corrected chi connectivity index (χ1v) is 12.9. The fraction of sp³-hybridized carbons (Fsp3) is 0.567. The SMILES string of the molecule is CC1(C)CCC[C@@]2(C)[C@H]1CC1=NOC[C@H]1C2(COCc1ccccc1)COCc1ccccc1. The molecule has 4 heteroatoms. The van der Waals surface area contributed by atoms with Crippen LogP contribution in [0.4, 0.5) is 0 Å². The molecule has 2 aromatic rings. The van der Waals surface area contributed by atoms with E-state index >= 15 is 0 Å². The molecule has 0 N–H and O–H groups in total. The monoisotopic (exact) mass is 461 g/mol. The molecule has 0 saturated heterocycles. The van der Waals surface area contributed by atoms with E-state index in [0.717, 1.165) is 6.42 Å². The second-order valence-electron chi connectivity index (χ2n) is 11.6. The van der Waals surface area contributed by atoms with Crippen LogP contribution < -0.4 is 0 Å². The molecule has 182 valence electrons. The highest BCUT2D eigenvalue weighted by molar-refractivity contribution is 5.89. The third-order valence-electron chi connectivity index (χ3n) is 9.21. The van der Waals surface area contributed by atoms with Gasteiger partial charge in [-0.1, -0.05) is 93.0 Å². The zero-order valence-corrected chi connectivity index (χ0v) is 21.0. The van der Waals surface area contributed by atoms with E-state index < -0.39 is 0 Å². The van der Waals surface area contributed by atoms with Crippen LogP contribution in [0.3, 0.4) is 0 Å². The minimum atomic E-state index is -0.174. The van der Waals surface area contributed by atoms with Gasteiger partial charge in [-0.3, -0.25) is 0 Å². The van der Waals surface area contributed by atoms with E-state index in [0.29, 0.717) is 39.0 Å². The molecule has 3 aliphatic rings. The molecule has 2 aromatic carbocycles. The second-order valence-corrected chi connectivity index (χ2v) is 11.6. The molecule has 34 heavy (non-hydrogen) atoms. The van der Waals surface area contributed by atoms with Gasteiger partial charge in [0.15, 0.2) is 0 Å². The first-order valence-electron chi connectivity index (χ1n) is 12.9. The Morgan fingerprint density at radius 2 is 1.44 bits per heavy atom. The minimum absolute atomic E-state index is 0.0967. The normalized spacial score (nSPS) is 29.0. The van der Waals surface area contributed by atoms with Gasteiger partial charge in [-0.15, -0.1) is 0 Å². The molecular weight excluding hydrogens is 422 g/mol. The Kier molecular flexibility index (Phi) is 6.56. The Labute approximate surface area is 204 Å². The van der Waals surface area contributed by atoms with Crippen molar-refractivity contribution in [2.45, 2.75) is 59.7 Å². The number of ether oxygens (including phenoxy) is 2. The maximum atomic E-state index is 6.57. The van der Waals surface area contributed by atoms with E-state index in [-0.39, 0.29) is 22.2 Å². The lowest BCUT2D eigenvalue weighted by Gasteiger charge is -2.64. The summed E-state index contributed by atoms with van der Waals surface area (Å²) in [5, 5.41) is 4.58. The van der Waals surface area contributed by atoms with Gasteiger partial charge in [0.05, 0.1) is 32.1 Å². The van der Waals surface area contributed by atoms with Gasteiger partial charge in [-0.2, -0.15) is 0 Å². The Hall–Kier alpha value is -2.17. The molecule has 0 bridgehead atoms. The van der Waals surface area contributed by atoms with Crippen LogP contribution in [0.2, 0.25) is 0 Å². The minimum Gasteiger partial charge on any atom is -0.395 e. The van der Waals surface area contributed by atoms with E-state index in [2.05, 4.69) is 86.6 Å². The van der Waals surface area contributed by atoms with Gasteiger partial charge >= 0.3 is 0 Å². The second kappa shape index (κ2) is 9.47. The van der Waals surface area contributed by atoms with E-state index in [9.17, 15) is 0 Å². The number of rotatable bonds is 8. The average molecular weight is 462 g/mol. The third-order valence-corrected chi connectivity index (χ3v) is 9.21. The Balaban J connectivity index is 1.46. The maximum absolute atomic E-state index is 6.57. The first-order chi connectivity index (χ1) is 16.4. The highest BCUT2D eigenvalue weighted by atomic mass is 16.6. The molecule has 1 aliphatic heterocycles. The molecule has 1 heterocycles. The average Bonchev–Trinajstić information content (AvgIpc) is 3.31. The van der Waals surface area contributed by atoms with Crippen LogP contribution >= 0.6 is 0 Å². The summed E-state index contributed by atoms with van der Waals surface area (Å²) in [6.07, 6.45) is 4.75. The Morgan fingerprint density at radius 3 is 2.03 bits per heavy atom. The summed E-state index contributed by atoms with van der Waals surface area (Å²) in [5.74, 6) is 0.778. The predicted octanol–water partition coefficient (Wildman–Crippen LogP) is 6.65. The number of fused-ring (bicyclic) bond motifs is 2. The van der Waals surface area contributed by atoms with Gasteiger partial charge in [0, 0.05) is 11.3 Å². The molecule has 2 saturated carbocycles. The van der Waals surface area contributed by atoms with Gasteiger partial charge < -0.3 is 14.3 Å². The van der Waals surface area contributed by atoms with Crippen molar-refractivity contribution in [1.29, 1.82) is 0 Å². The standard InChI is InChI=1S/C30H39NO3/c1-28(2)15-10-16-29(3)27(28)17-26-25(20-34-31-26)30(29,21-32-18-23-11-6-4-7-12-23)22-33-19-24-13-8-5-9-14-24/h4-9,11-14,25,27H,10,15-22H2,1-3H3/t25-,27+,29+/m1/s1. The van der Waals surface area contributed by atoms with Gasteiger partial charge in [0.25, 0.3) is 0 Å². The van der Waals surface area contributed by atoms with E-state index in [1.165, 1.54) is 36.1 Å². The van der Waals surface area contributed by atoms with Crippen molar-refractivity contribution >= 4 is 5.71 Å². The summed E-state index contributed by atoms with van der Waals surface area (Å²) in [6, 6.07) is 21.0. The lowest BCUT2D eigenvalue weighted by Crippen LogP contribution is -2.64. The molecule has 3 atom stereocenters. The number of hydrogen-bond donors (Lipinski definition) is 0. The molecule has 0 spiro atoms. The van der Waals surface area contributed by atoms with Crippen molar-refractivity contribution < 1.29 is 14.3 Å². The molecule has 0 amide bonds. The topological polar surface area (TPSA) is 40.0 Å². The summed E-state index contributed by atoms with van der Waals surface area (Å²) >= 11 is 0. The number of hydrogen-bond acceptors (Lipinski definition) is 4. The summed E-state index contributed by atoms with van der Waals surface area (Å²) in [6.45, 7) is 10.6. The van der Waals surface area contributed by atoms with Crippen LogP contribution in [0.1, 0.15) is 57.6 Å².